The van der Waals surface area contributed by atoms with Crippen molar-refractivity contribution in [2.45, 2.75) is 46.8 Å². The van der Waals surface area contributed by atoms with E-state index in [2.05, 4.69) is 16.0 Å². The van der Waals surface area contributed by atoms with Gasteiger partial charge in [-0.3, -0.25) is 14.4 Å². The molecule has 3 amide bonds. The lowest BCUT2D eigenvalue weighted by Gasteiger charge is -2.23. The number of benzene rings is 2. The van der Waals surface area contributed by atoms with Crippen LogP contribution in [0.5, 0.6) is 0 Å². The summed E-state index contributed by atoms with van der Waals surface area (Å²) in [4.78, 5) is 48.8. The maximum atomic E-state index is 12.7. The van der Waals surface area contributed by atoms with Crippen molar-refractivity contribution >= 4 is 35.1 Å². The lowest BCUT2D eigenvalue weighted by Crippen LogP contribution is -2.47. The summed E-state index contributed by atoms with van der Waals surface area (Å²) in [6.45, 7) is 8.24. The molecule has 32 heavy (non-hydrogen) atoms. The van der Waals surface area contributed by atoms with E-state index >= 15 is 0 Å². The fourth-order valence-electron chi connectivity index (χ4n) is 2.93. The highest BCUT2D eigenvalue weighted by Crippen LogP contribution is 2.15. The predicted molar refractivity (Wildman–Crippen MR) is 122 cm³/mol. The molecule has 0 aliphatic carbocycles. The van der Waals surface area contributed by atoms with Gasteiger partial charge in [0.2, 0.25) is 5.91 Å². The average Bonchev–Trinajstić information content (AvgIpc) is 2.72. The Morgan fingerprint density at radius 1 is 0.844 bits per heavy atom. The van der Waals surface area contributed by atoms with Crippen molar-refractivity contribution in [3.05, 3.63) is 59.7 Å². The fourth-order valence-corrected chi connectivity index (χ4v) is 2.93. The van der Waals surface area contributed by atoms with E-state index in [1.165, 1.54) is 13.8 Å². The molecule has 0 spiro atoms. The topological polar surface area (TPSA) is 114 Å². The number of amides is 3. The van der Waals surface area contributed by atoms with Gasteiger partial charge in [-0.15, -0.1) is 0 Å². The van der Waals surface area contributed by atoms with Crippen LogP contribution in [0.1, 0.15) is 43.6 Å². The molecule has 0 heterocycles. The van der Waals surface area contributed by atoms with E-state index in [0.29, 0.717) is 16.9 Å². The standard InChI is InChI=1S/C24H29N3O5/c1-14(2)21(27-23(30)20-9-7-6-8-15(20)3)24(31)32-16(4)22(29)26-19-12-10-18(11-13-19)25-17(5)28/h6-14,16,21H,1-5H3,(H,25,28)(H,26,29)(H,27,30)/t16-,21-/m0/s1. The van der Waals surface area contributed by atoms with Crippen molar-refractivity contribution in [2.75, 3.05) is 10.6 Å². The van der Waals surface area contributed by atoms with Crippen LogP contribution in [0.2, 0.25) is 0 Å². The zero-order valence-electron chi connectivity index (χ0n) is 18.9. The van der Waals surface area contributed by atoms with E-state index in [1.807, 2.05) is 19.1 Å². The fraction of sp³-hybridized carbons (Fsp3) is 0.333. The van der Waals surface area contributed by atoms with Gasteiger partial charge in [-0.25, -0.2) is 4.79 Å². The minimum Gasteiger partial charge on any atom is -0.451 e. The number of hydrogen-bond donors (Lipinski definition) is 3. The molecule has 8 heteroatoms. The summed E-state index contributed by atoms with van der Waals surface area (Å²) in [5.41, 5.74) is 2.34. The number of hydrogen-bond acceptors (Lipinski definition) is 5. The Labute approximate surface area is 187 Å². The first-order valence-electron chi connectivity index (χ1n) is 10.3. The van der Waals surface area contributed by atoms with Crippen LogP contribution in [0.3, 0.4) is 0 Å². The second-order valence-corrected chi connectivity index (χ2v) is 7.84. The molecule has 0 aliphatic rings. The number of anilines is 2. The van der Waals surface area contributed by atoms with Crippen molar-refractivity contribution in [3.8, 4) is 0 Å². The Balaban J connectivity index is 1.98. The molecule has 0 fully saturated rings. The molecule has 2 aromatic rings. The van der Waals surface area contributed by atoms with Crippen molar-refractivity contribution < 1.29 is 23.9 Å². The lowest BCUT2D eigenvalue weighted by atomic mass is 10.0. The van der Waals surface area contributed by atoms with Gasteiger partial charge in [-0.2, -0.15) is 0 Å². The Kier molecular flexibility index (Phi) is 8.52. The molecule has 2 atom stereocenters. The molecular formula is C24H29N3O5. The third-order valence-corrected chi connectivity index (χ3v) is 4.73. The Morgan fingerprint density at radius 2 is 1.41 bits per heavy atom. The van der Waals surface area contributed by atoms with Gasteiger partial charge in [0.15, 0.2) is 6.10 Å². The Morgan fingerprint density at radius 3 is 1.94 bits per heavy atom. The van der Waals surface area contributed by atoms with E-state index in [1.54, 1.807) is 50.2 Å². The summed E-state index contributed by atoms with van der Waals surface area (Å²) in [6, 6.07) is 12.7. The van der Waals surface area contributed by atoms with Gasteiger partial charge in [0.25, 0.3) is 11.8 Å². The zero-order valence-corrected chi connectivity index (χ0v) is 18.9. The van der Waals surface area contributed by atoms with Crippen LogP contribution in [0.15, 0.2) is 48.5 Å². The Hall–Kier alpha value is -3.68. The van der Waals surface area contributed by atoms with E-state index in [0.717, 1.165) is 5.56 Å². The number of rotatable bonds is 8. The zero-order chi connectivity index (χ0) is 23.8. The van der Waals surface area contributed by atoms with Crippen molar-refractivity contribution in [1.29, 1.82) is 0 Å². The number of esters is 1. The second-order valence-electron chi connectivity index (χ2n) is 7.84. The molecule has 2 rings (SSSR count). The summed E-state index contributed by atoms with van der Waals surface area (Å²) < 4.78 is 5.33. The maximum Gasteiger partial charge on any atom is 0.329 e. The van der Waals surface area contributed by atoms with Crippen molar-refractivity contribution in [3.63, 3.8) is 0 Å². The first kappa shape index (κ1) is 24.6. The maximum absolute atomic E-state index is 12.7. The van der Waals surface area contributed by atoms with Crippen LogP contribution in [0.4, 0.5) is 11.4 Å². The third-order valence-electron chi connectivity index (χ3n) is 4.73. The molecular weight excluding hydrogens is 410 g/mol. The monoisotopic (exact) mass is 439 g/mol. The molecule has 0 aliphatic heterocycles. The number of ether oxygens (including phenoxy) is 1. The van der Waals surface area contributed by atoms with E-state index in [9.17, 15) is 19.2 Å². The first-order valence-corrected chi connectivity index (χ1v) is 10.3. The number of nitrogens with one attached hydrogen (secondary N) is 3. The molecule has 3 N–H and O–H groups in total. The van der Waals surface area contributed by atoms with Crippen molar-refractivity contribution in [1.82, 2.24) is 5.32 Å². The average molecular weight is 440 g/mol. The molecule has 0 aromatic heterocycles. The second kappa shape index (κ2) is 11.1. The van der Waals surface area contributed by atoms with Gasteiger partial charge >= 0.3 is 5.97 Å². The predicted octanol–water partition coefficient (Wildman–Crippen LogP) is 3.28. The van der Waals surface area contributed by atoms with Crippen molar-refractivity contribution in [2.24, 2.45) is 5.92 Å². The van der Waals surface area contributed by atoms with Crippen LogP contribution in [0, 0.1) is 12.8 Å². The van der Waals surface area contributed by atoms with E-state index in [4.69, 9.17) is 4.74 Å². The van der Waals surface area contributed by atoms with Gasteiger partial charge in [-0.1, -0.05) is 32.0 Å². The van der Waals surface area contributed by atoms with Crippen LogP contribution >= 0.6 is 0 Å². The third kappa shape index (κ3) is 6.94. The molecule has 0 saturated heterocycles. The summed E-state index contributed by atoms with van der Waals surface area (Å²) in [5.74, 6) is -2.03. The quantitative estimate of drug-likeness (QED) is 0.546. The summed E-state index contributed by atoms with van der Waals surface area (Å²) in [6.07, 6.45) is -1.07. The van der Waals surface area contributed by atoms with Gasteiger partial charge < -0.3 is 20.7 Å². The van der Waals surface area contributed by atoms with Crippen LogP contribution in [-0.2, 0) is 19.1 Å². The molecule has 8 nitrogen and oxygen atoms in total. The molecule has 0 saturated carbocycles. The van der Waals surface area contributed by atoms with Gasteiger partial charge in [0.05, 0.1) is 0 Å². The lowest BCUT2D eigenvalue weighted by molar-refractivity contribution is -0.156. The van der Waals surface area contributed by atoms with Crippen LogP contribution in [-0.4, -0.2) is 35.8 Å². The summed E-state index contributed by atoms with van der Waals surface area (Å²) in [5, 5.41) is 8.00. The van der Waals surface area contributed by atoms with Crippen LogP contribution in [0.25, 0.3) is 0 Å². The minimum absolute atomic E-state index is 0.198. The highest BCUT2D eigenvalue weighted by Gasteiger charge is 2.29. The number of carbonyl (C=O) groups is 4. The molecule has 0 bridgehead atoms. The van der Waals surface area contributed by atoms with E-state index in [-0.39, 0.29) is 17.7 Å². The SMILES string of the molecule is CC(=O)Nc1ccc(NC(=O)[C@H](C)OC(=O)[C@@H](NC(=O)c2ccccc2C)C(C)C)cc1. The number of aryl methyl sites for hydroxylation is 1. The number of carbonyl (C=O) groups excluding carboxylic acids is 4. The highest BCUT2D eigenvalue weighted by molar-refractivity contribution is 5.99. The normalized spacial score (nSPS) is 12.4. The molecule has 0 radical (unpaired) electrons. The highest BCUT2D eigenvalue weighted by atomic mass is 16.5. The first-order chi connectivity index (χ1) is 15.1. The van der Waals surface area contributed by atoms with E-state index < -0.39 is 24.0 Å². The molecule has 170 valence electrons. The smallest absolute Gasteiger partial charge is 0.329 e. The van der Waals surface area contributed by atoms with Gasteiger partial charge in [0, 0.05) is 23.9 Å². The van der Waals surface area contributed by atoms with Gasteiger partial charge in [-0.05, 0) is 55.7 Å². The Bertz CT molecular complexity index is 985. The van der Waals surface area contributed by atoms with Gasteiger partial charge in [0.1, 0.15) is 6.04 Å². The van der Waals surface area contributed by atoms with Crippen LogP contribution < -0.4 is 16.0 Å². The molecule has 0 unspecified atom stereocenters. The summed E-state index contributed by atoms with van der Waals surface area (Å²) in [7, 11) is 0. The minimum atomic E-state index is -1.07. The summed E-state index contributed by atoms with van der Waals surface area (Å²) >= 11 is 0. The molecule has 2 aromatic carbocycles. The largest absolute Gasteiger partial charge is 0.451 e.